The Balaban J connectivity index is 1.38. The predicted molar refractivity (Wildman–Crippen MR) is 141 cm³/mol. The third kappa shape index (κ3) is 6.79. The van der Waals surface area contributed by atoms with Crippen LogP contribution in [0.3, 0.4) is 0 Å². The second-order valence-electron chi connectivity index (χ2n) is 8.77. The van der Waals surface area contributed by atoms with Gasteiger partial charge in [0.15, 0.2) is 23.0 Å². The molecule has 0 atom stereocenters. The van der Waals surface area contributed by atoms with E-state index in [9.17, 15) is 9.90 Å². The minimum atomic E-state index is -0.288. The summed E-state index contributed by atoms with van der Waals surface area (Å²) in [5.74, 6) is 1.52. The monoisotopic (exact) mass is 488 g/mol. The molecule has 0 spiro atoms. The van der Waals surface area contributed by atoms with E-state index < -0.39 is 0 Å². The van der Waals surface area contributed by atoms with Crippen LogP contribution in [-0.2, 0) is 11.4 Å². The maximum Gasteiger partial charge on any atom is 0.248 e. The summed E-state index contributed by atoms with van der Waals surface area (Å²) in [6, 6.07) is 20.2. The Kier molecular flexibility index (Phi) is 8.47. The number of rotatable bonds is 9. The number of hydrogen-bond acceptors (Lipinski definition) is 6. The fraction of sp³-hybridized carbons (Fsp3) is 0.276. The minimum absolute atomic E-state index is 0.0163. The third-order valence-corrected chi connectivity index (χ3v) is 6.10. The first kappa shape index (κ1) is 25.1. The summed E-state index contributed by atoms with van der Waals surface area (Å²) < 4.78 is 17.4. The number of amides is 1. The second-order valence-corrected chi connectivity index (χ2v) is 8.77. The van der Waals surface area contributed by atoms with Crippen LogP contribution in [0.4, 0.5) is 5.69 Å². The van der Waals surface area contributed by atoms with Crippen molar-refractivity contribution in [2.45, 2.75) is 25.6 Å². The summed E-state index contributed by atoms with van der Waals surface area (Å²) >= 11 is 0. The lowest BCUT2D eigenvalue weighted by Gasteiger charge is -2.29. The number of carbonyl (C=O) groups excluding carboxylic acids is 1. The Bertz CT molecular complexity index is 1200. The number of nitrogens with zero attached hydrogens (tertiary/aromatic N) is 1. The number of carbonyl (C=O) groups is 1. The molecule has 3 aromatic rings. The molecule has 3 aromatic carbocycles. The lowest BCUT2D eigenvalue weighted by atomic mass is 10.1. The van der Waals surface area contributed by atoms with Gasteiger partial charge in [0.1, 0.15) is 12.7 Å². The van der Waals surface area contributed by atoms with Crippen LogP contribution in [0.25, 0.3) is 6.08 Å². The number of benzene rings is 3. The van der Waals surface area contributed by atoms with Crippen molar-refractivity contribution in [1.29, 1.82) is 0 Å². The molecule has 0 aromatic heterocycles. The van der Waals surface area contributed by atoms with Gasteiger partial charge in [-0.15, -0.1) is 0 Å². The van der Waals surface area contributed by atoms with Gasteiger partial charge in [-0.2, -0.15) is 0 Å². The lowest BCUT2D eigenvalue weighted by molar-refractivity contribution is -0.111. The number of ether oxygens (including phenoxy) is 3. The normalized spacial score (nSPS) is 14.5. The summed E-state index contributed by atoms with van der Waals surface area (Å²) in [6.45, 7) is 2.32. The molecule has 1 aliphatic heterocycles. The molecular formula is C29H32N2O5. The van der Waals surface area contributed by atoms with Gasteiger partial charge in [0.2, 0.25) is 5.91 Å². The van der Waals surface area contributed by atoms with Crippen molar-refractivity contribution in [2.75, 3.05) is 32.6 Å². The Morgan fingerprint density at radius 1 is 1.03 bits per heavy atom. The lowest BCUT2D eigenvalue weighted by Crippen LogP contribution is -2.35. The molecule has 1 heterocycles. The van der Waals surface area contributed by atoms with Gasteiger partial charge in [0, 0.05) is 30.4 Å². The van der Waals surface area contributed by atoms with Gasteiger partial charge < -0.3 is 29.5 Å². The van der Waals surface area contributed by atoms with Crippen LogP contribution in [-0.4, -0.2) is 49.3 Å². The van der Waals surface area contributed by atoms with Gasteiger partial charge in [-0.25, -0.2) is 0 Å². The summed E-state index contributed by atoms with van der Waals surface area (Å²) in [4.78, 5) is 14.9. The topological polar surface area (TPSA) is 80.3 Å². The molecule has 2 N–H and O–H groups in total. The Morgan fingerprint density at radius 3 is 2.50 bits per heavy atom. The molecule has 0 bridgehead atoms. The smallest absolute Gasteiger partial charge is 0.248 e. The highest BCUT2D eigenvalue weighted by Crippen LogP contribution is 2.31. The van der Waals surface area contributed by atoms with Gasteiger partial charge in [-0.05, 0) is 61.9 Å². The van der Waals surface area contributed by atoms with Crippen molar-refractivity contribution in [1.82, 2.24) is 4.90 Å². The zero-order valence-corrected chi connectivity index (χ0v) is 20.6. The molecule has 188 valence electrons. The number of para-hydroxylation sites is 3. The number of phenolic OH excluding ortho intramolecular Hbond substituents is 1. The summed E-state index contributed by atoms with van der Waals surface area (Å²) in [5.41, 5.74) is 2.19. The maximum absolute atomic E-state index is 12.6. The molecular weight excluding hydrogens is 456 g/mol. The average molecular weight is 489 g/mol. The molecule has 1 fully saturated rings. The summed E-state index contributed by atoms with van der Waals surface area (Å²) in [5, 5.41) is 12.8. The molecule has 1 aliphatic rings. The first-order valence-electron chi connectivity index (χ1n) is 12.0. The van der Waals surface area contributed by atoms with E-state index in [0.29, 0.717) is 22.7 Å². The van der Waals surface area contributed by atoms with Crippen molar-refractivity contribution < 1.29 is 24.1 Å². The Morgan fingerprint density at radius 2 is 1.75 bits per heavy atom. The Hall–Kier alpha value is -3.97. The van der Waals surface area contributed by atoms with Crippen LogP contribution in [0.2, 0.25) is 0 Å². The van der Waals surface area contributed by atoms with Crippen LogP contribution in [0, 0.1) is 0 Å². The summed E-state index contributed by atoms with van der Waals surface area (Å²) in [6.07, 6.45) is 5.21. The maximum atomic E-state index is 12.6. The first-order chi connectivity index (χ1) is 17.5. The SMILES string of the molecule is COc1ccc(C=CC(=O)Nc2ccccc2COc2ccccc2OC2CCN(C)CC2)cc1O. The number of piperidine rings is 1. The number of anilines is 1. The Labute approximate surface area is 211 Å². The van der Waals surface area contributed by atoms with Crippen LogP contribution >= 0.6 is 0 Å². The van der Waals surface area contributed by atoms with Gasteiger partial charge in [0.25, 0.3) is 0 Å². The number of nitrogens with one attached hydrogen (secondary N) is 1. The highest BCUT2D eigenvalue weighted by molar-refractivity contribution is 6.02. The first-order valence-corrected chi connectivity index (χ1v) is 12.0. The molecule has 0 unspecified atom stereocenters. The largest absolute Gasteiger partial charge is 0.504 e. The van der Waals surface area contributed by atoms with Gasteiger partial charge >= 0.3 is 0 Å². The van der Waals surface area contributed by atoms with Crippen molar-refractivity contribution in [3.8, 4) is 23.0 Å². The van der Waals surface area contributed by atoms with E-state index in [4.69, 9.17) is 14.2 Å². The number of phenols is 1. The van der Waals surface area contributed by atoms with E-state index in [1.165, 1.54) is 19.3 Å². The molecule has 7 heteroatoms. The van der Waals surface area contributed by atoms with Gasteiger partial charge in [-0.3, -0.25) is 4.79 Å². The quantitative estimate of drug-likeness (QED) is 0.408. The molecule has 1 amide bonds. The standard InChI is InChI=1S/C29H32N2O5/c1-31-17-15-23(16-18-31)36-28-10-6-5-9-27(28)35-20-22-7-3-4-8-24(22)30-29(33)14-12-21-11-13-26(34-2)25(32)19-21/h3-14,19,23,32H,15-18,20H2,1-2H3,(H,30,33). The van der Waals surface area contributed by atoms with Crippen LogP contribution < -0.4 is 19.5 Å². The van der Waals surface area contributed by atoms with E-state index in [-0.39, 0.29) is 24.4 Å². The zero-order chi connectivity index (χ0) is 25.3. The molecule has 1 saturated heterocycles. The molecule has 4 rings (SSSR count). The number of methoxy groups -OCH3 is 1. The number of likely N-dealkylation sites (tertiary alicyclic amines) is 1. The third-order valence-electron chi connectivity index (χ3n) is 6.10. The molecule has 36 heavy (non-hydrogen) atoms. The van der Waals surface area contributed by atoms with E-state index >= 15 is 0 Å². The van der Waals surface area contributed by atoms with Crippen molar-refractivity contribution in [3.63, 3.8) is 0 Å². The van der Waals surface area contributed by atoms with E-state index in [1.54, 1.807) is 18.2 Å². The molecule has 7 nitrogen and oxygen atoms in total. The fourth-order valence-electron chi connectivity index (χ4n) is 4.03. The number of hydrogen-bond donors (Lipinski definition) is 2. The van der Waals surface area contributed by atoms with Crippen molar-refractivity contribution in [2.24, 2.45) is 0 Å². The fourth-order valence-corrected chi connectivity index (χ4v) is 4.03. The van der Waals surface area contributed by atoms with Crippen LogP contribution in [0.5, 0.6) is 23.0 Å². The summed E-state index contributed by atoms with van der Waals surface area (Å²) in [7, 11) is 3.61. The van der Waals surface area contributed by atoms with Gasteiger partial charge in [-0.1, -0.05) is 36.4 Å². The molecule has 0 radical (unpaired) electrons. The van der Waals surface area contributed by atoms with Crippen LogP contribution in [0.1, 0.15) is 24.0 Å². The highest BCUT2D eigenvalue weighted by atomic mass is 16.5. The highest BCUT2D eigenvalue weighted by Gasteiger charge is 2.19. The zero-order valence-electron chi connectivity index (χ0n) is 20.6. The molecule has 0 saturated carbocycles. The minimum Gasteiger partial charge on any atom is -0.504 e. The van der Waals surface area contributed by atoms with E-state index in [1.807, 2.05) is 48.5 Å². The predicted octanol–water partition coefficient (Wildman–Crippen LogP) is 5.10. The number of aromatic hydroxyl groups is 1. The van der Waals surface area contributed by atoms with Crippen molar-refractivity contribution in [3.05, 3.63) is 83.9 Å². The average Bonchev–Trinajstić information content (AvgIpc) is 2.89. The van der Waals surface area contributed by atoms with Crippen LogP contribution in [0.15, 0.2) is 72.8 Å². The van der Waals surface area contributed by atoms with Crippen molar-refractivity contribution >= 4 is 17.7 Å². The van der Waals surface area contributed by atoms with Gasteiger partial charge in [0.05, 0.1) is 7.11 Å². The van der Waals surface area contributed by atoms with E-state index in [2.05, 4.69) is 17.3 Å². The van der Waals surface area contributed by atoms with E-state index in [0.717, 1.165) is 37.2 Å². The second kappa shape index (κ2) is 12.1. The molecule has 0 aliphatic carbocycles.